The first-order valence-electron chi connectivity index (χ1n) is 5.94. The molecule has 3 nitrogen and oxygen atoms in total. The maximum atomic E-state index is 8.87. The molecule has 1 N–H and O–H groups in total. The van der Waals surface area contributed by atoms with Crippen LogP contribution >= 0.6 is 0 Å². The van der Waals surface area contributed by atoms with Gasteiger partial charge in [0.2, 0.25) is 0 Å². The average molecular weight is 240 g/mol. The van der Waals surface area contributed by atoms with Crippen molar-refractivity contribution in [2.75, 3.05) is 5.32 Å². The van der Waals surface area contributed by atoms with E-state index in [1.54, 1.807) is 6.07 Å². The smallest absolute Gasteiger partial charge is 0.106 e. The lowest BCUT2D eigenvalue weighted by Crippen LogP contribution is -2.06. The Morgan fingerprint density at radius 3 is 2.67 bits per heavy atom. The van der Waals surface area contributed by atoms with E-state index >= 15 is 0 Å². The summed E-state index contributed by atoms with van der Waals surface area (Å²) in [6.07, 6.45) is 0. The van der Waals surface area contributed by atoms with Crippen LogP contribution in [0.25, 0.3) is 0 Å². The molecule has 0 radical (unpaired) electrons. The summed E-state index contributed by atoms with van der Waals surface area (Å²) in [5.74, 6) is 1.85. The quantitative estimate of drug-likeness (QED) is 0.883. The third kappa shape index (κ3) is 2.54. The molecule has 0 amide bonds. The highest BCUT2D eigenvalue weighted by atomic mass is 16.3. The average Bonchev–Trinajstić information content (AvgIpc) is 2.69. The highest BCUT2D eigenvalue weighted by Gasteiger charge is 2.12. The van der Waals surface area contributed by atoms with E-state index < -0.39 is 0 Å². The standard InChI is InChI=1S/C15H16N2O/c1-10-7-15(12(3)18-10)11(2)17-14-6-4-5-13(8-14)9-16/h4-8,11,17H,1-3H3. The van der Waals surface area contributed by atoms with E-state index in [-0.39, 0.29) is 6.04 Å². The van der Waals surface area contributed by atoms with Crippen LogP contribution in [0.2, 0.25) is 0 Å². The van der Waals surface area contributed by atoms with Crippen molar-refractivity contribution in [3.63, 3.8) is 0 Å². The molecule has 0 aliphatic heterocycles. The Morgan fingerprint density at radius 2 is 2.06 bits per heavy atom. The number of rotatable bonds is 3. The molecular weight excluding hydrogens is 224 g/mol. The van der Waals surface area contributed by atoms with Crippen LogP contribution in [-0.2, 0) is 0 Å². The van der Waals surface area contributed by atoms with Gasteiger partial charge in [-0.1, -0.05) is 6.07 Å². The summed E-state index contributed by atoms with van der Waals surface area (Å²) in [6, 6.07) is 11.8. The minimum absolute atomic E-state index is 0.149. The number of nitrogens with one attached hydrogen (secondary N) is 1. The number of furan rings is 1. The molecule has 18 heavy (non-hydrogen) atoms. The first kappa shape index (κ1) is 12.3. The summed E-state index contributed by atoms with van der Waals surface area (Å²) in [6.45, 7) is 5.99. The van der Waals surface area contributed by atoms with Gasteiger partial charge in [0.05, 0.1) is 17.7 Å². The number of benzene rings is 1. The van der Waals surface area contributed by atoms with Gasteiger partial charge in [-0.05, 0) is 45.0 Å². The Morgan fingerprint density at radius 1 is 1.28 bits per heavy atom. The van der Waals surface area contributed by atoms with Crippen LogP contribution in [0.15, 0.2) is 34.7 Å². The molecule has 1 aromatic heterocycles. The van der Waals surface area contributed by atoms with Crippen LogP contribution in [0.1, 0.15) is 35.6 Å². The zero-order valence-electron chi connectivity index (χ0n) is 10.8. The van der Waals surface area contributed by atoms with Crippen molar-refractivity contribution in [1.82, 2.24) is 0 Å². The Bertz CT molecular complexity index is 593. The fourth-order valence-electron chi connectivity index (χ4n) is 2.09. The van der Waals surface area contributed by atoms with Gasteiger partial charge < -0.3 is 9.73 Å². The van der Waals surface area contributed by atoms with Crippen LogP contribution in [0, 0.1) is 25.2 Å². The fourth-order valence-corrected chi connectivity index (χ4v) is 2.09. The van der Waals surface area contributed by atoms with E-state index in [0.29, 0.717) is 5.56 Å². The van der Waals surface area contributed by atoms with Gasteiger partial charge in [-0.2, -0.15) is 5.26 Å². The monoisotopic (exact) mass is 240 g/mol. The number of hydrogen-bond acceptors (Lipinski definition) is 3. The van der Waals surface area contributed by atoms with E-state index in [4.69, 9.17) is 9.68 Å². The molecule has 2 rings (SSSR count). The molecule has 0 fully saturated rings. The second kappa shape index (κ2) is 4.97. The van der Waals surface area contributed by atoms with Gasteiger partial charge in [0.25, 0.3) is 0 Å². The van der Waals surface area contributed by atoms with Crippen molar-refractivity contribution in [3.05, 3.63) is 53.0 Å². The molecule has 0 bridgehead atoms. The molecule has 1 aromatic carbocycles. The number of nitrogens with zero attached hydrogens (tertiary/aromatic N) is 1. The van der Waals surface area contributed by atoms with Crippen LogP contribution in [-0.4, -0.2) is 0 Å². The summed E-state index contributed by atoms with van der Waals surface area (Å²) in [7, 11) is 0. The second-order valence-electron chi connectivity index (χ2n) is 4.43. The van der Waals surface area contributed by atoms with Crippen molar-refractivity contribution in [2.45, 2.75) is 26.8 Å². The first-order chi connectivity index (χ1) is 8.60. The van der Waals surface area contributed by atoms with Gasteiger partial charge in [-0.25, -0.2) is 0 Å². The lowest BCUT2D eigenvalue weighted by molar-refractivity contribution is 0.500. The zero-order valence-corrected chi connectivity index (χ0v) is 10.8. The van der Waals surface area contributed by atoms with E-state index in [0.717, 1.165) is 22.8 Å². The molecule has 0 aliphatic carbocycles. The Kier molecular flexibility index (Phi) is 3.38. The van der Waals surface area contributed by atoms with Crippen molar-refractivity contribution < 1.29 is 4.42 Å². The minimum atomic E-state index is 0.149. The number of aryl methyl sites for hydroxylation is 2. The molecule has 3 heteroatoms. The van der Waals surface area contributed by atoms with E-state index in [2.05, 4.69) is 18.3 Å². The molecule has 0 spiro atoms. The highest BCUT2D eigenvalue weighted by molar-refractivity contribution is 5.50. The van der Waals surface area contributed by atoms with E-state index in [9.17, 15) is 0 Å². The van der Waals surface area contributed by atoms with Gasteiger partial charge in [0.1, 0.15) is 11.5 Å². The van der Waals surface area contributed by atoms with Crippen LogP contribution < -0.4 is 5.32 Å². The topological polar surface area (TPSA) is 49.0 Å². The number of anilines is 1. The minimum Gasteiger partial charge on any atom is -0.466 e. The van der Waals surface area contributed by atoms with Gasteiger partial charge >= 0.3 is 0 Å². The molecule has 0 saturated heterocycles. The van der Waals surface area contributed by atoms with Gasteiger partial charge in [0, 0.05) is 11.3 Å². The summed E-state index contributed by atoms with van der Waals surface area (Å²) in [5, 5.41) is 12.2. The van der Waals surface area contributed by atoms with Crippen molar-refractivity contribution in [1.29, 1.82) is 5.26 Å². The molecule has 92 valence electrons. The predicted molar refractivity (Wildman–Crippen MR) is 71.4 cm³/mol. The van der Waals surface area contributed by atoms with Crippen LogP contribution in [0.3, 0.4) is 0 Å². The van der Waals surface area contributed by atoms with Gasteiger partial charge in [-0.15, -0.1) is 0 Å². The lowest BCUT2D eigenvalue weighted by atomic mass is 10.1. The zero-order chi connectivity index (χ0) is 13.1. The predicted octanol–water partition coefficient (Wildman–Crippen LogP) is 3.94. The molecule has 0 aliphatic rings. The lowest BCUT2D eigenvalue weighted by Gasteiger charge is -2.14. The largest absolute Gasteiger partial charge is 0.466 e. The van der Waals surface area contributed by atoms with Crippen molar-refractivity contribution in [3.8, 4) is 6.07 Å². The molecule has 2 aromatic rings. The molecule has 1 atom stereocenters. The van der Waals surface area contributed by atoms with E-state index in [1.807, 2.05) is 38.1 Å². The highest BCUT2D eigenvalue weighted by Crippen LogP contribution is 2.25. The Balaban J connectivity index is 2.18. The third-order valence-corrected chi connectivity index (χ3v) is 2.92. The Labute approximate surface area is 107 Å². The van der Waals surface area contributed by atoms with Crippen molar-refractivity contribution >= 4 is 5.69 Å². The molecule has 1 heterocycles. The number of hydrogen-bond donors (Lipinski definition) is 1. The SMILES string of the molecule is Cc1cc(C(C)Nc2cccc(C#N)c2)c(C)o1. The third-order valence-electron chi connectivity index (χ3n) is 2.92. The van der Waals surface area contributed by atoms with Gasteiger partial charge in [-0.3, -0.25) is 0 Å². The molecule has 0 saturated carbocycles. The summed E-state index contributed by atoms with van der Waals surface area (Å²) < 4.78 is 5.53. The maximum Gasteiger partial charge on any atom is 0.106 e. The normalized spacial score (nSPS) is 11.9. The van der Waals surface area contributed by atoms with Crippen LogP contribution in [0.4, 0.5) is 5.69 Å². The van der Waals surface area contributed by atoms with Gasteiger partial charge in [0.15, 0.2) is 0 Å². The second-order valence-corrected chi connectivity index (χ2v) is 4.43. The summed E-state index contributed by atoms with van der Waals surface area (Å²) in [4.78, 5) is 0. The fraction of sp³-hybridized carbons (Fsp3) is 0.267. The molecular formula is C15H16N2O. The first-order valence-corrected chi connectivity index (χ1v) is 5.94. The van der Waals surface area contributed by atoms with Crippen molar-refractivity contribution in [2.24, 2.45) is 0 Å². The summed E-state index contributed by atoms with van der Waals surface area (Å²) >= 11 is 0. The summed E-state index contributed by atoms with van der Waals surface area (Å²) in [5.41, 5.74) is 2.75. The molecule has 1 unspecified atom stereocenters. The number of nitriles is 1. The Hall–Kier alpha value is -2.21. The maximum absolute atomic E-state index is 8.87. The van der Waals surface area contributed by atoms with E-state index in [1.165, 1.54) is 0 Å². The van der Waals surface area contributed by atoms with Crippen LogP contribution in [0.5, 0.6) is 0 Å².